The van der Waals surface area contributed by atoms with Crippen LogP contribution in [0.5, 0.6) is 5.75 Å². The minimum Gasteiger partial charge on any atom is -0.484 e. The second kappa shape index (κ2) is 5.54. The lowest BCUT2D eigenvalue weighted by Crippen LogP contribution is -2.21. The van der Waals surface area contributed by atoms with Gasteiger partial charge in [-0.2, -0.15) is 0 Å². The highest BCUT2D eigenvalue weighted by molar-refractivity contribution is 5.80. The quantitative estimate of drug-likeness (QED) is 0.773. The number of benzene rings is 1. The first kappa shape index (κ1) is 12.4. The first-order chi connectivity index (χ1) is 8.77. The maximum absolute atomic E-state index is 12.2. The van der Waals surface area contributed by atoms with E-state index in [1.54, 1.807) is 4.57 Å². The van der Waals surface area contributed by atoms with Gasteiger partial charge in [-0.05, 0) is 26.0 Å². The summed E-state index contributed by atoms with van der Waals surface area (Å²) in [6.07, 6.45) is 3.78. The highest BCUT2D eigenvalue weighted by Gasteiger charge is 2.08. The van der Waals surface area contributed by atoms with Crippen LogP contribution in [0.4, 0.5) is 0 Å². The van der Waals surface area contributed by atoms with Crippen molar-refractivity contribution in [3.8, 4) is 5.75 Å². The molecule has 0 atom stereocenters. The van der Waals surface area contributed by atoms with Crippen molar-refractivity contribution in [3.63, 3.8) is 0 Å². The zero-order chi connectivity index (χ0) is 13.0. The molecule has 0 unspecified atom stereocenters. The molecule has 1 aromatic heterocycles. The van der Waals surface area contributed by atoms with E-state index < -0.39 is 0 Å². The van der Waals surface area contributed by atoms with Gasteiger partial charge in [0.2, 0.25) is 0 Å². The molecule has 94 valence electrons. The Hall–Kier alpha value is -2.03. The number of rotatable bonds is 4. The van der Waals surface area contributed by atoms with Gasteiger partial charge in [-0.3, -0.25) is 4.79 Å². The van der Waals surface area contributed by atoms with E-state index in [-0.39, 0.29) is 5.56 Å². The van der Waals surface area contributed by atoms with E-state index in [9.17, 15) is 4.79 Å². The molecule has 18 heavy (non-hydrogen) atoms. The number of pyridine rings is 1. The van der Waals surface area contributed by atoms with Gasteiger partial charge < -0.3 is 9.30 Å². The molecule has 0 spiro atoms. The summed E-state index contributed by atoms with van der Waals surface area (Å²) in [5.74, 6) is 0.411. The molecule has 3 heteroatoms. The monoisotopic (exact) mass is 243 g/mol. The number of allylic oxidation sites excluding steroid dienone is 1. The van der Waals surface area contributed by atoms with Gasteiger partial charge in [0.15, 0.2) is 5.75 Å². The van der Waals surface area contributed by atoms with Crippen molar-refractivity contribution < 1.29 is 4.74 Å². The fourth-order valence-electron chi connectivity index (χ4n) is 1.95. The Bertz CT molecular complexity index is 626. The van der Waals surface area contributed by atoms with Gasteiger partial charge in [0.25, 0.3) is 5.56 Å². The number of hydrogen-bond acceptors (Lipinski definition) is 2. The fraction of sp³-hybridized carbons (Fsp3) is 0.267. The average molecular weight is 243 g/mol. The topological polar surface area (TPSA) is 31.2 Å². The molecule has 0 radical (unpaired) electrons. The van der Waals surface area contributed by atoms with E-state index in [4.69, 9.17) is 4.74 Å². The highest BCUT2D eigenvalue weighted by Crippen LogP contribution is 2.17. The Labute approximate surface area is 106 Å². The van der Waals surface area contributed by atoms with Crippen molar-refractivity contribution in [2.24, 2.45) is 0 Å². The van der Waals surface area contributed by atoms with E-state index in [0.29, 0.717) is 18.9 Å². The van der Waals surface area contributed by atoms with E-state index >= 15 is 0 Å². The average Bonchev–Trinajstić information content (AvgIpc) is 2.40. The van der Waals surface area contributed by atoms with Crippen LogP contribution in [-0.4, -0.2) is 11.2 Å². The van der Waals surface area contributed by atoms with Crippen LogP contribution in [0.15, 0.2) is 47.3 Å². The Balaban J connectivity index is 2.54. The van der Waals surface area contributed by atoms with Crippen molar-refractivity contribution in [1.29, 1.82) is 0 Å². The first-order valence-corrected chi connectivity index (χ1v) is 6.14. The number of fused-ring (bicyclic) bond motifs is 1. The molecule has 0 aliphatic carbocycles. The number of aryl methyl sites for hydroxylation is 1. The second-order valence-electron chi connectivity index (χ2n) is 4.00. The molecular weight excluding hydrogens is 226 g/mol. The summed E-state index contributed by atoms with van der Waals surface area (Å²) in [5, 5.41) is 1.02. The molecule has 2 aromatic rings. The van der Waals surface area contributed by atoms with E-state index in [1.165, 1.54) is 0 Å². The van der Waals surface area contributed by atoms with Gasteiger partial charge >= 0.3 is 0 Å². The van der Waals surface area contributed by atoms with E-state index in [1.807, 2.05) is 56.3 Å². The van der Waals surface area contributed by atoms with Gasteiger partial charge in [-0.15, -0.1) is 0 Å². The van der Waals surface area contributed by atoms with Crippen LogP contribution in [0.3, 0.4) is 0 Å². The van der Waals surface area contributed by atoms with Gasteiger partial charge in [-0.25, -0.2) is 0 Å². The normalized spacial score (nSPS) is 11.2. The smallest absolute Gasteiger partial charge is 0.293 e. The summed E-state index contributed by atoms with van der Waals surface area (Å²) < 4.78 is 7.24. The van der Waals surface area contributed by atoms with Gasteiger partial charge in [0.05, 0.1) is 5.52 Å². The van der Waals surface area contributed by atoms with Crippen molar-refractivity contribution in [2.75, 3.05) is 6.61 Å². The Morgan fingerprint density at radius 3 is 2.83 bits per heavy atom. The number of nitrogens with zero attached hydrogens (tertiary/aromatic N) is 1. The second-order valence-corrected chi connectivity index (χ2v) is 4.00. The van der Waals surface area contributed by atoms with Crippen LogP contribution in [0.1, 0.15) is 13.8 Å². The molecule has 1 aromatic carbocycles. The molecule has 0 fully saturated rings. The minimum atomic E-state index is -0.0688. The van der Waals surface area contributed by atoms with Crippen LogP contribution >= 0.6 is 0 Å². The van der Waals surface area contributed by atoms with E-state index in [0.717, 1.165) is 10.9 Å². The zero-order valence-corrected chi connectivity index (χ0v) is 10.7. The Morgan fingerprint density at radius 1 is 1.33 bits per heavy atom. The fourth-order valence-corrected chi connectivity index (χ4v) is 1.95. The summed E-state index contributed by atoms with van der Waals surface area (Å²) in [6, 6.07) is 9.66. The van der Waals surface area contributed by atoms with Crippen molar-refractivity contribution in [1.82, 2.24) is 4.57 Å². The molecule has 0 amide bonds. The molecule has 0 saturated heterocycles. The molecule has 0 N–H and O–H groups in total. The lowest BCUT2D eigenvalue weighted by atomic mass is 10.2. The Morgan fingerprint density at radius 2 is 2.11 bits per heavy atom. The van der Waals surface area contributed by atoms with Crippen molar-refractivity contribution in [3.05, 3.63) is 52.8 Å². The molecule has 1 heterocycles. The largest absolute Gasteiger partial charge is 0.484 e. The summed E-state index contributed by atoms with van der Waals surface area (Å²) in [4.78, 5) is 12.2. The highest BCUT2D eigenvalue weighted by atomic mass is 16.5. The molecule has 0 bridgehead atoms. The number of aromatic nitrogens is 1. The molecule has 3 nitrogen and oxygen atoms in total. The minimum absolute atomic E-state index is 0.0688. The summed E-state index contributed by atoms with van der Waals surface area (Å²) in [6.45, 7) is 4.95. The van der Waals surface area contributed by atoms with Crippen molar-refractivity contribution >= 4 is 10.9 Å². The predicted molar refractivity (Wildman–Crippen MR) is 74.2 cm³/mol. The third-order valence-corrected chi connectivity index (χ3v) is 2.86. The molecule has 0 aliphatic rings. The summed E-state index contributed by atoms with van der Waals surface area (Å²) >= 11 is 0. The SMILES string of the molecule is C/C=C/COc1cc2ccccc2n(CC)c1=O. The van der Waals surface area contributed by atoms with Gasteiger partial charge in [-0.1, -0.05) is 30.4 Å². The first-order valence-electron chi connectivity index (χ1n) is 6.14. The third-order valence-electron chi connectivity index (χ3n) is 2.86. The predicted octanol–water partition coefficient (Wildman–Crippen LogP) is 2.98. The maximum atomic E-state index is 12.2. The van der Waals surface area contributed by atoms with Crippen LogP contribution in [-0.2, 0) is 6.54 Å². The maximum Gasteiger partial charge on any atom is 0.293 e. The lowest BCUT2D eigenvalue weighted by molar-refractivity contribution is 0.355. The molecule has 2 rings (SSSR count). The molecule has 0 saturated carbocycles. The van der Waals surface area contributed by atoms with Gasteiger partial charge in [0, 0.05) is 11.9 Å². The van der Waals surface area contributed by atoms with Crippen LogP contribution in [0.2, 0.25) is 0 Å². The summed E-state index contributed by atoms with van der Waals surface area (Å²) in [7, 11) is 0. The van der Waals surface area contributed by atoms with Crippen molar-refractivity contribution in [2.45, 2.75) is 20.4 Å². The van der Waals surface area contributed by atoms with Crippen LogP contribution in [0.25, 0.3) is 10.9 Å². The zero-order valence-electron chi connectivity index (χ0n) is 10.7. The Kier molecular flexibility index (Phi) is 3.82. The number of hydrogen-bond donors (Lipinski definition) is 0. The molecule has 0 aliphatic heterocycles. The summed E-state index contributed by atoms with van der Waals surface area (Å²) in [5.41, 5.74) is 0.879. The lowest BCUT2D eigenvalue weighted by Gasteiger charge is -2.11. The van der Waals surface area contributed by atoms with Gasteiger partial charge in [0.1, 0.15) is 6.61 Å². The van der Waals surface area contributed by atoms with Crippen LogP contribution < -0.4 is 10.3 Å². The number of para-hydroxylation sites is 1. The number of ether oxygens (including phenoxy) is 1. The standard InChI is InChI=1S/C15H17NO2/c1-3-5-10-18-14-11-12-8-6-7-9-13(12)16(4-2)15(14)17/h3,5-9,11H,4,10H2,1-2H3/b5-3+. The third kappa shape index (κ3) is 2.30. The molecular formula is C15H17NO2. The van der Waals surface area contributed by atoms with Crippen LogP contribution in [0, 0.1) is 0 Å². The van der Waals surface area contributed by atoms with E-state index in [2.05, 4.69) is 0 Å².